The van der Waals surface area contributed by atoms with Crippen molar-refractivity contribution in [3.63, 3.8) is 0 Å². The van der Waals surface area contributed by atoms with Crippen LogP contribution in [0.25, 0.3) is 10.9 Å². The fourth-order valence-corrected chi connectivity index (χ4v) is 2.71. The van der Waals surface area contributed by atoms with E-state index in [4.69, 9.17) is 11.6 Å². The molecule has 0 saturated heterocycles. The van der Waals surface area contributed by atoms with Gasteiger partial charge in [-0.15, -0.1) is 0 Å². The first-order chi connectivity index (χ1) is 13.5. The van der Waals surface area contributed by atoms with Crippen LogP contribution >= 0.6 is 11.6 Å². The molecule has 0 atom stereocenters. The molecule has 0 saturated carbocycles. The summed E-state index contributed by atoms with van der Waals surface area (Å²) in [6, 6.07) is 11.5. The Labute approximate surface area is 161 Å². The summed E-state index contributed by atoms with van der Waals surface area (Å²) >= 11 is 5.83. The molecule has 2 heterocycles. The maximum absolute atomic E-state index is 13.8. The van der Waals surface area contributed by atoms with E-state index < -0.39 is 11.5 Å². The Morgan fingerprint density at radius 1 is 1.14 bits per heavy atom. The SMILES string of the molecule is O=C(Nc1n[nH]c2ccc(Nc3[nH]c(=O)ncc3F)cc12)c1ccc(Cl)cc1. The number of halogens is 2. The lowest BCUT2D eigenvalue weighted by atomic mass is 10.2. The Morgan fingerprint density at radius 2 is 1.93 bits per heavy atom. The zero-order chi connectivity index (χ0) is 19.7. The number of nitrogens with zero attached hydrogens (tertiary/aromatic N) is 2. The molecule has 4 N–H and O–H groups in total. The molecule has 0 aliphatic carbocycles. The van der Waals surface area contributed by atoms with Crippen molar-refractivity contribution < 1.29 is 9.18 Å². The second kappa shape index (κ2) is 7.12. The van der Waals surface area contributed by atoms with Crippen LogP contribution in [-0.2, 0) is 0 Å². The first-order valence-corrected chi connectivity index (χ1v) is 8.44. The molecule has 0 bridgehead atoms. The number of aromatic amines is 2. The quantitative estimate of drug-likeness (QED) is 0.420. The number of nitrogens with one attached hydrogen (secondary N) is 4. The summed E-state index contributed by atoms with van der Waals surface area (Å²) in [4.78, 5) is 29.3. The molecule has 0 aliphatic heterocycles. The topological polar surface area (TPSA) is 116 Å². The van der Waals surface area contributed by atoms with E-state index >= 15 is 0 Å². The maximum atomic E-state index is 13.8. The Balaban J connectivity index is 1.62. The number of aromatic nitrogens is 4. The lowest BCUT2D eigenvalue weighted by Gasteiger charge is -2.07. The van der Waals surface area contributed by atoms with Crippen LogP contribution < -0.4 is 16.3 Å². The van der Waals surface area contributed by atoms with Gasteiger partial charge in [0.1, 0.15) is 5.82 Å². The number of anilines is 3. The molecule has 0 radical (unpaired) electrons. The Bertz CT molecular complexity index is 1240. The van der Waals surface area contributed by atoms with Crippen molar-refractivity contribution in [1.82, 2.24) is 20.2 Å². The second-order valence-corrected chi connectivity index (χ2v) is 6.27. The summed E-state index contributed by atoms with van der Waals surface area (Å²) in [6.45, 7) is 0. The molecule has 0 unspecified atom stereocenters. The van der Waals surface area contributed by atoms with Crippen LogP contribution in [0, 0.1) is 5.82 Å². The molecule has 2 aromatic heterocycles. The van der Waals surface area contributed by atoms with Crippen LogP contribution in [0.4, 0.5) is 21.7 Å². The zero-order valence-electron chi connectivity index (χ0n) is 14.1. The van der Waals surface area contributed by atoms with Gasteiger partial charge in [-0.05, 0) is 42.5 Å². The molecule has 0 aliphatic rings. The fraction of sp³-hybridized carbons (Fsp3) is 0. The van der Waals surface area contributed by atoms with Gasteiger partial charge in [-0.2, -0.15) is 10.1 Å². The summed E-state index contributed by atoms with van der Waals surface area (Å²) < 4.78 is 13.8. The van der Waals surface area contributed by atoms with Gasteiger partial charge < -0.3 is 10.6 Å². The molecule has 8 nitrogen and oxygen atoms in total. The number of amides is 1. The minimum Gasteiger partial charge on any atom is -0.339 e. The second-order valence-electron chi connectivity index (χ2n) is 5.83. The predicted octanol–water partition coefficient (Wildman–Crippen LogP) is 3.43. The highest BCUT2D eigenvalue weighted by Crippen LogP contribution is 2.26. The highest BCUT2D eigenvalue weighted by atomic mass is 35.5. The molecule has 0 fully saturated rings. The molecule has 10 heteroatoms. The molecular formula is C18H12ClFN6O2. The molecule has 1 amide bonds. The third kappa shape index (κ3) is 3.55. The van der Waals surface area contributed by atoms with E-state index in [1.807, 2.05) is 0 Å². The number of hydrogen-bond acceptors (Lipinski definition) is 5. The molecule has 28 heavy (non-hydrogen) atoms. The number of benzene rings is 2. The van der Waals surface area contributed by atoms with Crippen molar-refractivity contribution in [2.75, 3.05) is 10.6 Å². The van der Waals surface area contributed by atoms with Crippen molar-refractivity contribution in [3.8, 4) is 0 Å². The maximum Gasteiger partial charge on any atom is 0.346 e. The van der Waals surface area contributed by atoms with E-state index in [2.05, 4.69) is 30.8 Å². The van der Waals surface area contributed by atoms with E-state index in [1.54, 1.807) is 42.5 Å². The number of carbonyl (C=O) groups excluding carboxylic acids is 1. The van der Waals surface area contributed by atoms with Gasteiger partial charge in [-0.3, -0.25) is 14.9 Å². The van der Waals surface area contributed by atoms with E-state index in [0.717, 1.165) is 6.20 Å². The van der Waals surface area contributed by atoms with Crippen LogP contribution in [0.1, 0.15) is 10.4 Å². The molecule has 0 spiro atoms. The average Bonchev–Trinajstić information content (AvgIpc) is 3.07. The molecular weight excluding hydrogens is 387 g/mol. The van der Waals surface area contributed by atoms with Gasteiger partial charge in [0.15, 0.2) is 11.6 Å². The van der Waals surface area contributed by atoms with E-state index in [0.29, 0.717) is 33.0 Å². The largest absolute Gasteiger partial charge is 0.346 e. The summed E-state index contributed by atoms with van der Waals surface area (Å²) in [5.41, 5.74) is 0.896. The normalized spacial score (nSPS) is 10.8. The minimum absolute atomic E-state index is 0.116. The average molecular weight is 399 g/mol. The van der Waals surface area contributed by atoms with E-state index in [9.17, 15) is 14.0 Å². The molecule has 4 aromatic rings. The van der Waals surface area contributed by atoms with Gasteiger partial charge >= 0.3 is 5.69 Å². The minimum atomic E-state index is -0.705. The van der Waals surface area contributed by atoms with Crippen molar-refractivity contribution in [1.29, 1.82) is 0 Å². The first-order valence-electron chi connectivity index (χ1n) is 8.06. The molecule has 2 aromatic carbocycles. The number of hydrogen-bond donors (Lipinski definition) is 4. The monoisotopic (exact) mass is 398 g/mol. The fourth-order valence-electron chi connectivity index (χ4n) is 2.58. The van der Waals surface area contributed by atoms with Crippen LogP contribution in [-0.4, -0.2) is 26.1 Å². The van der Waals surface area contributed by atoms with Crippen LogP contribution in [0.3, 0.4) is 0 Å². The Morgan fingerprint density at radius 3 is 2.71 bits per heavy atom. The van der Waals surface area contributed by atoms with Gasteiger partial charge in [0.05, 0.1) is 11.7 Å². The van der Waals surface area contributed by atoms with Crippen molar-refractivity contribution in [2.24, 2.45) is 0 Å². The summed E-state index contributed by atoms with van der Waals surface area (Å²) in [6.07, 6.45) is 0.829. The predicted molar refractivity (Wildman–Crippen MR) is 104 cm³/mol. The Kier molecular flexibility index (Phi) is 4.50. The third-order valence-corrected chi connectivity index (χ3v) is 4.19. The van der Waals surface area contributed by atoms with Gasteiger partial charge in [0, 0.05) is 21.7 Å². The van der Waals surface area contributed by atoms with Crippen molar-refractivity contribution >= 4 is 45.7 Å². The molecule has 4 rings (SSSR count). The lowest BCUT2D eigenvalue weighted by molar-refractivity contribution is 0.102. The van der Waals surface area contributed by atoms with E-state index in [-0.39, 0.29) is 11.7 Å². The summed E-state index contributed by atoms with van der Waals surface area (Å²) in [5.74, 6) is -0.868. The number of fused-ring (bicyclic) bond motifs is 1. The first kappa shape index (κ1) is 17.7. The number of carbonyl (C=O) groups is 1. The van der Waals surface area contributed by atoms with Gasteiger partial charge in [-0.1, -0.05) is 11.6 Å². The van der Waals surface area contributed by atoms with Gasteiger partial charge in [-0.25, -0.2) is 9.18 Å². The van der Waals surface area contributed by atoms with Gasteiger partial charge in [0.2, 0.25) is 0 Å². The van der Waals surface area contributed by atoms with Crippen LogP contribution in [0.15, 0.2) is 53.5 Å². The van der Waals surface area contributed by atoms with Gasteiger partial charge in [0.25, 0.3) is 5.91 Å². The smallest absolute Gasteiger partial charge is 0.339 e. The Hall–Kier alpha value is -3.72. The lowest BCUT2D eigenvalue weighted by Crippen LogP contribution is -2.13. The van der Waals surface area contributed by atoms with Crippen LogP contribution in [0.5, 0.6) is 0 Å². The highest BCUT2D eigenvalue weighted by molar-refractivity contribution is 6.30. The number of H-pyrrole nitrogens is 2. The van der Waals surface area contributed by atoms with Crippen molar-refractivity contribution in [2.45, 2.75) is 0 Å². The molecule has 140 valence electrons. The summed E-state index contributed by atoms with van der Waals surface area (Å²) in [7, 11) is 0. The third-order valence-electron chi connectivity index (χ3n) is 3.94. The van der Waals surface area contributed by atoms with Crippen molar-refractivity contribution in [3.05, 3.63) is 75.5 Å². The highest BCUT2D eigenvalue weighted by Gasteiger charge is 2.12. The summed E-state index contributed by atoms with van der Waals surface area (Å²) in [5, 5.41) is 13.5. The number of rotatable bonds is 4. The zero-order valence-corrected chi connectivity index (χ0v) is 14.8. The standard InChI is InChI=1S/C18H12ClFN6O2/c19-10-3-1-9(2-4-10)17(27)23-15-12-7-11(5-6-14(12)25-26-15)22-16-13(20)8-21-18(28)24-16/h1-8H,(H2,21,22,24,28)(H2,23,25,26,27). The van der Waals surface area contributed by atoms with E-state index in [1.165, 1.54) is 0 Å². The van der Waals surface area contributed by atoms with Crippen LogP contribution in [0.2, 0.25) is 5.02 Å².